The average Bonchev–Trinajstić information content (AvgIpc) is 3.40. The van der Waals surface area contributed by atoms with E-state index in [-0.39, 0.29) is 17.8 Å². The zero-order valence-electron chi connectivity index (χ0n) is 25.4. The smallest absolute Gasteiger partial charge is 0.407 e. The molecular formula is C37H40N4O4. The first kappa shape index (κ1) is 30.2. The van der Waals surface area contributed by atoms with Gasteiger partial charge in [-0.3, -0.25) is 9.47 Å². The molecule has 0 radical (unpaired) electrons. The summed E-state index contributed by atoms with van der Waals surface area (Å²) in [6.45, 7) is 3.28. The summed E-state index contributed by atoms with van der Waals surface area (Å²) in [4.78, 5) is 32.1. The van der Waals surface area contributed by atoms with Crippen LogP contribution in [0.5, 0.6) is 5.75 Å². The molecule has 6 rings (SSSR count). The van der Waals surface area contributed by atoms with Crippen LogP contribution in [0, 0.1) is 0 Å². The molecule has 0 bridgehead atoms. The van der Waals surface area contributed by atoms with E-state index in [1.54, 1.807) is 4.90 Å². The van der Waals surface area contributed by atoms with Crippen molar-refractivity contribution in [1.29, 1.82) is 0 Å². The van der Waals surface area contributed by atoms with E-state index in [0.717, 1.165) is 54.8 Å². The molecule has 45 heavy (non-hydrogen) atoms. The Balaban J connectivity index is 1.13. The van der Waals surface area contributed by atoms with Gasteiger partial charge in [-0.1, -0.05) is 84.9 Å². The summed E-state index contributed by atoms with van der Waals surface area (Å²) in [6, 6.07) is 36.4. The fraction of sp³-hybridized carbons (Fsp3) is 0.297. The Labute approximate surface area is 263 Å². The van der Waals surface area contributed by atoms with Gasteiger partial charge in [-0.05, 0) is 73.2 Å². The first-order chi connectivity index (χ1) is 22.0. The molecule has 0 aliphatic carbocycles. The summed E-state index contributed by atoms with van der Waals surface area (Å²) in [6.07, 6.45) is 1.91. The standard InChI is InChI=1S/C37H40N4O4/c42-36-38-34-18-7-8-19-35(34)41(36)32-20-22-40(37(43)44)31(24-32)16-10-21-39(25-28-11-3-1-4-12-28)26-30-15-9-17-33(23-30)45-27-29-13-5-2-6-14-29/h1-9,11-15,17-19,23,31-32H,10,16,20-22,24-27H2,(H,38,42)(H,43,44)/t31-,32?/m0/s1. The zero-order chi connectivity index (χ0) is 31.0. The maximum atomic E-state index is 12.9. The lowest BCUT2D eigenvalue weighted by atomic mass is 9.93. The fourth-order valence-corrected chi connectivity index (χ4v) is 6.57. The molecule has 1 fully saturated rings. The van der Waals surface area contributed by atoms with Crippen LogP contribution in [0.15, 0.2) is 114 Å². The van der Waals surface area contributed by atoms with E-state index in [0.29, 0.717) is 26.0 Å². The van der Waals surface area contributed by atoms with Gasteiger partial charge in [-0.25, -0.2) is 9.59 Å². The van der Waals surface area contributed by atoms with Gasteiger partial charge >= 0.3 is 11.8 Å². The van der Waals surface area contributed by atoms with Crippen molar-refractivity contribution >= 4 is 17.1 Å². The molecule has 5 aromatic rings. The molecule has 8 heteroatoms. The summed E-state index contributed by atoms with van der Waals surface area (Å²) in [7, 11) is 0. The molecule has 1 aromatic heterocycles. The molecule has 1 aliphatic rings. The lowest BCUT2D eigenvalue weighted by Gasteiger charge is -2.38. The maximum absolute atomic E-state index is 12.9. The number of hydrogen-bond acceptors (Lipinski definition) is 4. The highest BCUT2D eigenvalue weighted by atomic mass is 16.5. The Hall–Kier alpha value is -4.82. The summed E-state index contributed by atoms with van der Waals surface area (Å²) < 4.78 is 7.93. The van der Waals surface area contributed by atoms with Gasteiger partial charge in [0.25, 0.3) is 0 Å². The monoisotopic (exact) mass is 604 g/mol. The molecule has 1 saturated heterocycles. The third-order valence-corrected chi connectivity index (χ3v) is 8.74. The van der Waals surface area contributed by atoms with Gasteiger partial charge < -0.3 is 19.7 Å². The van der Waals surface area contributed by atoms with Crippen LogP contribution in [-0.2, 0) is 19.7 Å². The first-order valence-corrected chi connectivity index (χ1v) is 15.7. The second kappa shape index (κ2) is 14.3. The summed E-state index contributed by atoms with van der Waals surface area (Å²) in [5.41, 5.74) is 5.08. The molecule has 0 saturated carbocycles. The SMILES string of the molecule is O=C(O)N1CCC(n2c(=O)[nH]c3ccccc32)C[C@@H]1CCCN(Cc1ccccc1)Cc1cccc(OCc2ccccc2)c1. The molecule has 2 atom stereocenters. The highest BCUT2D eigenvalue weighted by Gasteiger charge is 2.33. The van der Waals surface area contributed by atoms with E-state index >= 15 is 0 Å². The number of amides is 1. The number of hydrogen-bond donors (Lipinski definition) is 2. The van der Waals surface area contributed by atoms with Crippen LogP contribution in [0.25, 0.3) is 11.0 Å². The Bertz CT molecular complexity index is 1750. The topological polar surface area (TPSA) is 90.8 Å². The third kappa shape index (κ3) is 7.64. The molecule has 2 N–H and O–H groups in total. The Morgan fingerprint density at radius 2 is 1.56 bits per heavy atom. The number of nitrogens with zero attached hydrogens (tertiary/aromatic N) is 3. The van der Waals surface area contributed by atoms with Crippen molar-refractivity contribution in [3.63, 3.8) is 0 Å². The van der Waals surface area contributed by atoms with E-state index in [1.165, 1.54) is 11.1 Å². The summed E-state index contributed by atoms with van der Waals surface area (Å²) in [5.74, 6) is 0.842. The van der Waals surface area contributed by atoms with Crippen molar-refractivity contribution in [3.05, 3.63) is 136 Å². The van der Waals surface area contributed by atoms with Crippen LogP contribution in [0.2, 0.25) is 0 Å². The second-order valence-electron chi connectivity index (χ2n) is 11.9. The molecule has 232 valence electrons. The van der Waals surface area contributed by atoms with Gasteiger partial charge in [-0.2, -0.15) is 0 Å². The van der Waals surface area contributed by atoms with E-state index < -0.39 is 6.09 Å². The van der Waals surface area contributed by atoms with Gasteiger partial charge in [0.2, 0.25) is 0 Å². The fourth-order valence-electron chi connectivity index (χ4n) is 6.57. The number of carboxylic acid groups (broad SMARTS) is 1. The number of aromatic amines is 1. The van der Waals surface area contributed by atoms with Gasteiger partial charge in [-0.15, -0.1) is 0 Å². The Morgan fingerprint density at radius 3 is 2.33 bits per heavy atom. The van der Waals surface area contributed by atoms with Gasteiger partial charge in [0.1, 0.15) is 12.4 Å². The number of para-hydroxylation sites is 2. The molecule has 1 aliphatic heterocycles. The molecule has 8 nitrogen and oxygen atoms in total. The van der Waals surface area contributed by atoms with Gasteiger partial charge in [0.15, 0.2) is 0 Å². The van der Waals surface area contributed by atoms with Crippen LogP contribution in [-0.4, -0.2) is 49.7 Å². The number of aromatic nitrogens is 2. The highest BCUT2D eigenvalue weighted by molar-refractivity contribution is 5.75. The number of fused-ring (bicyclic) bond motifs is 1. The maximum Gasteiger partial charge on any atom is 0.407 e. The summed E-state index contributed by atoms with van der Waals surface area (Å²) in [5, 5.41) is 10.0. The van der Waals surface area contributed by atoms with E-state index in [2.05, 4.69) is 58.4 Å². The first-order valence-electron chi connectivity index (χ1n) is 15.7. The number of likely N-dealkylation sites (tertiary alicyclic amines) is 1. The average molecular weight is 605 g/mol. The van der Waals surface area contributed by atoms with Gasteiger partial charge in [0.05, 0.1) is 11.0 Å². The van der Waals surface area contributed by atoms with Gasteiger partial charge in [0, 0.05) is 31.7 Å². The number of benzene rings is 4. The Morgan fingerprint density at radius 1 is 0.867 bits per heavy atom. The van der Waals surface area contributed by atoms with E-state index in [9.17, 15) is 14.7 Å². The number of nitrogens with one attached hydrogen (secondary N) is 1. The number of imidazole rings is 1. The Kier molecular flexibility index (Phi) is 9.61. The predicted octanol–water partition coefficient (Wildman–Crippen LogP) is 7.07. The molecule has 2 heterocycles. The van der Waals surface area contributed by atoms with Crippen molar-refractivity contribution in [2.24, 2.45) is 0 Å². The molecule has 4 aromatic carbocycles. The number of carbonyl (C=O) groups is 1. The van der Waals surface area contributed by atoms with Crippen LogP contribution >= 0.6 is 0 Å². The number of rotatable bonds is 12. The normalized spacial score (nSPS) is 16.7. The molecule has 1 unspecified atom stereocenters. The minimum Gasteiger partial charge on any atom is -0.489 e. The number of H-pyrrole nitrogens is 1. The second-order valence-corrected chi connectivity index (χ2v) is 11.9. The molecular weight excluding hydrogens is 564 g/mol. The van der Waals surface area contributed by atoms with Crippen molar-refractivity contribution in [1.82, 2.24) is 19.4 Å². The van der Waals surface area contributed by atoms with Crippen molar-refractivity contribution in [3.8, 4) is 5.75 Å². The summed E-state index contributed by atoms with van der Waals surface area (Å²) >= 11 is 0. The minimum atomic E-state index is -0.891. The van der Waals surface area contributed by atoms with Crippen LogP contribution in [0.3, 0.4) is 0 Å². The van der Waals surface area contributed by atoms with E-state index in [4.69, 9.17) is 4.74 Å². The largest absolute Gasteiger partial charge is 0.489 e. The van der Waals surface area contributed by atoms with Crippen molar-refractivity contribution in [2.45, 2.75) is 57.5 Å². The van der Waals surface area contributed by atoms with Crippen LogP contribution in [0.1, 0.15) is 48.4 Å². The molecule has 1 amide bonds. The lowest BCUT2D eigenvalue weighted by molar-refractivity contribution is 0.0853. The van der Waals surface area contributed by atoms with E-state index in [1.807, 2.05) is 65.2 Å². The zero-order valence-corrected chi connectivity index (χ0v) is 25.4. The minimum absolute atomic E-state index is 0.0479. The third-order valence-electron chi connectivity index (χ3n) is 8.74. The quantitative estimate of drug-likeness (QED) is 0.159. The van der Waals surface area contributed by atoms with Crippen LogP contribution < -0.4 is 10.4 Å². The highest BCUT2D eigenvalue weighted by Crippen LogP contribution is 2.31. The van der Waals surface area contributed by atoms with Crippen LogP contribution in [0.4, 0.5) is 4.79 Å². The number of ether oxygens (including phenoxy) is 1. The predicted molar refractivity (Wildman–Crippen MR) is 176 cm³/mol. The number of piperidine rings is 1. The van der Waals surface area contributed by atoms with Crippen molar-refractivity contribution < 1.29 is 14.6 Å². The van der Waals surface area contributed by atoms with Crippen molar-refractivity contribution in [2.75, 3.05) is 13.1 Å². The molecule has 0 spiro atoms. The lowest BCUT2D eigenvalue weighted by Crippen LogP contribution is -2.47.